The molecule has 224 valence electrons. The summed E-state index contributed by atoms with van der Waals surface area (Å²) in [7, 11) is 4.45. The van der Waals surface area contributed by atoms with Crippen LogP contribution in [0.1, 0.15) is 75.0 Å². The van der Waals surface area contributed by atoms with Gasteiger partial charge >= 0.3 is 0 Å². The Morgan fingerprint density at radius 3 is 2.05 bits per heavy atom. The van der Waals surface area contributed by atoms with Gasteiger partial charge in [-0.2, -0.15) is 4.37 Å². The molecular formula is C30H37N5O6S. The van der Waals surface area contributed by atoms with Crippen LogP contribution in [0, 0.1) is 13.8 Å². The number of primary amides is 1. The first-order valence-corrected chi connectivity index (χ1v) is 14.4. The molecule has 12 heteroatoms. The average Bonchev–Trinajstić information content (AvgIpc) is 3.36. The number of carbonyl (C=O) groups excluding carboxylic acids is 3. The molecule has 0 bridgehead atoms. The molecule has 0 radical (unpaired) electrons. The fourth-order valence-electron chi connectivity index (χ4n) is 5.42. The number of hydrogen-bond acceptors (Lipinski definition) is 9. The van der Waals surface area contributed by atoms with Crippen molar-refractivity contribution in [1.82, 2.24) is 9.69 Å². The van der Waals surface area contributed by atoms with Gasteiger partial charge in [0, 0.05) is 11.7 Å². The van der Waals surface area contributed by atoms with Gasteiger partial charge in [-0.15, -0.1) is 0 Å². The molecule has 1 fully saturated rings. The number of nitrogen functional groups attached to an aromatic ring is 1. The maximum atomic E-state index is 14.5. The normalized spacial score (nSPS) is 14.1. The number of nitrogens with zero attached hydrogens (tertiary/aromatic N) is 2. The predicted octanol–water partition coefficient (Wildman–Crippen LogP) is 4.30. The van der Waals surface area contributed by atoms with Crippen molar-refractivity contribution in [3.8, 4) is 17.2 Å². The van der Waals surface area contributed by atoms with Gasteiger partial charge in [0.1, 0.15) is 10.9 Å². The van der Waals surface area contributed by atoms with E-state index in [9.17, 15) is 14.4 Å². The van der Waals surface area contributed by atoms with E-state index in [1.807, 2.05) is 32.0 Å². The summed E-state index contributed by atoms with van der Waals surface area (Å²) in [6.07, 6.45) is 4.81. The van der Waals surface area contributed by atoms with E-state index < -0.39 is 17.9 Å². The summed E-state index contributed by atoms with van der Waals surface area (Å²) in [5, 5.41) is 3.18. The molecule has 1 unspecified atom stereocenters. The Bertz CT molecular complexity index is 1440. The Morgan fingerprint density at radius 1 is 0.952 bits per heavy atom. The lowest BCUT2D eigenvalue weighted by atomic mass is 9.94. The summed E-state index contributed by atoms with van der Waals surface area (Å²) >= 11 is 0.757. The Morgan fingerprint density at radius 2 is 1.55 bits per heavy atom. The van der Waals surface area contributed by atoms with Crippen molar-refractivity contribution in [2.75, 3.05) is 32.0 Å². The van der Waals surface area contributed by atoms with Gasteiger partial charge in [0.25, 0.3) is 11.8 Å². The summed E-state index contributed by atoms with van der Waals surface area (Å²) in [5.74, 6) is -0.858. The summed E-state index contributed by atoms with van der Waals surface area (Å²) in [4.78, 5) is 42.1. The molecule has 1 aliphatic carbocycles. The standard InChI is InChI=1S/C30H37N5O6S/c1-16-11-17(2)13-20(12-16)35(30(38)27-23(31)24(28(32)36)34-42-27)25(29(37)33-19-9-7-6-8-10-19)18-14-21(39-3)26(41-5)22(15-18)40-4/h11-15,19,25H,6-10,31H2,1-5H3,(H2,32,36)(H,33,37). The van der Waals surface area contributed by atoms with Gasteiger partial charge in [-0.1, -0.05) is 25.3 Å². The van der Waals surface area contributed by atoms with Crippen LogP contribution < -0.4 is 35.9 Å². The maximum Gasteiger partial charge on any atom is 0.273 e. The topological polar surface area (TPSA) is 159 Å². The number of aryl methyl sites for hydroxylation is 2. The number of rotatable bonds is 10. The van der Waals surface area contributed by atoms with Gasteiger partial charge in [0.05, 0.1) is 27.0 Å². The third-order valence-electron chi connectivity index (χ3n) is 7.32. The van der Waals surface area contributed by atoms with Crippen molar-refractivity contribution < 1.29 is 28.6 Å². The highest BCUT2D eigenvalue weighted by Gasteiger charge is 2.38. The van der Waals surface area contributed by atoms with E-state index in [4.69, 9.17) is 25.7 Å². The zero-order chi connectivity index (χ0) is 30.6. The van der Waals surface area contributed by atoms with Crippen molar-refractivity contribution in [1.29, 1.82) is 0 Å². The van der Waals surface area contributed by atoms with Gasteiger partial charge in [-0.3, -0.25) is 19.3 Å². The number of nitrogens with two attached hydrogens (primary N) is 2. The van der Waals surface area contributed by atoms with Crippen molar-refractivity contribution in [2.24, 2.45) is 5.73 Å². The van der Waals surface area contributed by atoms with Gasteiger partial charge in [-0.25, -0.2) is 0 Å². The van der Waals surface area contributed by atoms with E-state index in [0.717, 1.165) is 54.8 Å². The smallest absolute Gasteiger partial charge is 0.273 e. The second-order valence-corrected chi connectivity index (χ2v) is 11.1. The number of hydrogen-bond donors (Lipinski definition) is 3. The Balaban J connectivity index is 1.97. The number of methoxy groups -OCH3 is 3. The van der Waals surface area contributed by atoms with E-state index in [2.05, 4.69) is 9.69 Å². The molecule has 3 amide bonds. The molecule has 4 rings (SSSR count). The zero-order valence-corrected chi connectivity index (χ0v) is 25.3. The largest absolute Gasteiger partial charge is 0.493 e. The van der Waals surface area contributed by atoms with Gasteiger partial charge in [0.2, 0.25) is 11.7 Å². The number of amides is 3. The van der Waals surface area contributed by atoms with E-state index >= 15 is 0 Å². The highest BCUT2D eigenvalue weighted by Crippen LogP contribution is 2.42. The van der Waals surface area contributed by atoms with Crippen LogP contribution in [-0.2, 0) is 4.79 Å². The predicted molar refractivity (Wildman–Crippen MR) is 162 cm³/mol. The van der Waals surface area contributed by atoms with Crippen LogP contribution in [0.3, 0.4) is 0 Å². The highest BCUT2D eigenvalue weighted by molar-refractivity contribution is 7.09. The Labute approximate surface area is 249 Å². The summed E-state index contributed by atoms with van der Waals surface area (Å²) in [6, 6.07) is 7.68. The molecule has 1 atom stereocenters. The monoisotopic (exact) mass is 595 g/mol. The van der Waals surface area contributed by atoms with E-state index in [0.29, 0.717) is 28.5 Å². The van der Waals surface area contributed by atoms with Crippen LogP contribution in [0.5, 0.6) is 17.2 Å². The van der Waals surface area contributed by atoms with Crippen LogP contribution in [0.15, 0.2) is 30.3 Å². The van der Waals surface area contributed by atoms with Gasteiger partial charge in [0.15, 0.2) is 17.2 Å². The molecular weight excluding hydrogens is 558 g/mol. The minimum atomic E-state index is -1.19. The first-order chi connectivity index (χ1) is 20.1. The molecule has 42 heavy (non-hydrogen) atoms. The lowest BCUT2D eigenvalue weighted by Crippen LogP contribution is -2.47. The maximum absolute atomic E-state index is 14.5. The lowest BCUT2D eigenvalue weighted by molar-refractivity contribution is -0.123. The van der Waals surface area contributed by atoms with Gasteiger partial charge < -0.3 is 31.0 Å². The number of nitrogens with one attached hydrogen (secondary N) is 1. The third kappa shape index (κ3) is 6.28. The molecule has 1 saturated carbocycles. The third-order valence-corrected chi connectivity index (χ3v) is 8.17. The first-order valence-electron chi connectivity index (χ1n) is 13.7. The lowest BCUT2D eigenvalue weighted by Gasteiger charge is -2.34. The Kier molecular flexibility index (Phi) is 9.56. The highest BCUT2D eigenvalue weighted by atomic mass is 32.1. The molecule has 1 aromatic heterocycles. The van der Waals surface area contributed by atoms with Crippen molar-refractivity contribution >= 4 is 40.6 Å². The molecule has 2 aromatic carbocycles. The second kappa shape index (κ2) is 13.1. The minimum Gasteiger partial charge on any atom is -0.493 e. The average molecular weight is 596 g/mol. The molecule has 1 heterocycles. The molecule has 0 aliphatic heterocycles. The molecule has 11 nitrogen and oxygen atoms in total. The fourth-order valence-corrected chi connectivity index (χ4v) is 6.16. The molecule has 0 saturated heterocycles. The van der Waals surface area contributed by atoms with Crippen LogP contribution in [0.25, 0.3) is 0 Å². The van der Waals surface area contributed by atoms with Crippen molar-refractivity contribution in [3.05, 3.63) is 57.6 Å². The fraction of sp³-hybridized carbons (Fsp3) is 0.400. The number of carbonyl (C=O) groups is 3. The van der Waals surface area contributed by atoms with Gasteiger partial charge in [-0.05, 0) is 79.2 Å². The Hall–Kier alpha value is -4.32. The number of ether oxygens (including phenoxy) is 3. The van der Waals surface area contributed by atoms with E-state index in [1.165, 1.54) is 26.2 Å². The summed E-state index contributed by atoms with van der Waals surface area (Å²) in [5.41, 5.74) is 14.0. The molecule has 3 aromatic rings. The van der Waals surface area contributed by atoms with Crippen molar-refractivity contribution in [2.45, 2.75) is 58.0 Å². The zero-order valence-electron chi connectivity index (χ0n) is 24.5. The van der Waals surface area contributed by atoms with Crippen LogP contribution in [0.4, 0.5) is 11.4 Å². The minimum absolute atomic E-state index is 0.00846. The van der Waals surface area contributed by atoms with Crippen LogP contribution >= 0.6 is 11.5 Å². The van der Waals surface area contributed by atoms with Crippen LogP contribution in [0.2, 0.25) is 0 Å². The molecule has 5 N–H and O–H groups in total. The van der Waals surface area contributed by atoms with Crippen molar-refractivity contribution in [3.63, 3.8) is 0 Å². The summed E-state index contributed by atoms with van der Waals surface area (Å²) < 4.78 is 20.7. The number of anilines is 2. The summed E-state index contributed by atoms with van der Waals surface area (Å²) in [6.45, 7) is 3.81. The van der Waals surface area contributed by atoms with Crippen LogP contribution in [-0.4, -0.2) is 49.5 Å². The SMILES string of the molecule is COc1cc(C(C(=O)NC2CCCCC2)N(C(=O)c2snc(C(N)=O)c2N)c2cc(C)cc(C)c2)cc(OC)c1OC. The number of benzene rings is 2. The molecule has 0 spiro atoms. The first kappa shape index (κ1) is 30.6. The molecule has 1 aliphatic rings. The van der Waals surface area contributed by atoms with E-state index in [-0.39, 0.29) is 28.2 Å². The van der Waals surface area contributed by atoms with E-state index in [1.54, 1.807) is 12.1 Å². The second-order valence-electron chi connectivity index (χ2n) is 10.4. The quantitative estimate of drug-likeness (QED) is 0.313. The number of aromatic nitrogens is 1.